The number of nitrogens with zero attached hydrogens (tertiary/aromatic N) is 1. The summed E-state index contributed by atoms with van der Waals surface area (Å²) in [6.45, 7) is 3.96. The van der Waals surface area contributed by atoms with Crippen LogP contribution in [0.2, 0.25) is 0 Å². The molecule has 1 aromatic carbocycles. The largest absolute Gasteiger partial charge is 0.361 e. The highest BCUT2D eigenvalue weighted by Gasteiger charge is 2.08. The second-order valence-corrected chi connectivity index (χ2v) is 5.83. The molecule has 2 nitrogen and oxygen atoms in total. The third-order valence-corrected chi connectivity index (χ3v) is 4.11. The molecule has 1 heterocycles. The highest BCUT2D eigenvalue weighted by molar-refractivity contribution is 9.10. The first-order valence-corrected chi connectivity index (χ1v) is 7.35. The molecule has 2 rings (SSSR count). The second kappa shape index (κ2) is 5.74. The Labute approximate surface area is 114 Å². The van der Waals surface area contributed by atoms with Gasteiger partial charge in [0.25, 0.3) is 0 Å². The van der Waals surface area contributed by atoms with E-state index < -0.39 is 0 Å². The minimum absolute atomic E-state index is 0.934. The number of rotatable bonds is 4. The standard InChI is InChI=1S/C13H14BrNOS/c1-9-13(10(2)16-15-9)8-17-7-11-4-3-5-12(14)6-11/h3-6H,7-8H2,1-2H3. The average Bonchev–Trinajstić information content (AvgIpc) is 2.61. The van der Waals surface area contributed by atoms with E-state index >= 15 is 0 Å². The van der Waals surface area contributed by atoms with E-state index in [1.807, 2.05) is 31.7 Å². The summed E-state index contributed by atoms with van der Waals surface area (Å²) in [4.78, 5) is 0. The van der Waals surface area contributed by atoms with Crippen LogP contribution < -0.4 is 0 Å². The molecule has 0 aliphatic carbocycles. The molecular formula is C13H14BrNOS. The number of thioether (sulfide) groups is 1. The van der Waals surface area contributed by atoms with Gasteiger partial charge in [-0.15, -0.1) is 0 Å². The molecule has 4 heteroatoms. The van der Waals surface area contributed by atoms with Crippen molar-refractivity contribution in [2.24, 2.45) is 0 Å². The summed E-state index contributed by atoms with van der Waals surface area (Å²) < 4.78 is 6.28. The van der Waals surface area contributed by atoms with Crippen LogP contribution in [-0.2, 0) is 11.5 Å². The van der Waals surface area contributed by atoms with Gasteiger partial charge in [-0.05, 0) is 31.5 Å². The van der Waals surface area contributed by atoms with Crippen molar-refractivity contribution in [1.29, 1.82) is 0 Å². The Bertz CT molecular complexity index is 490. The molecule has 0 bridgehead atoms. The lowest BCUT2D eigenvalue weighted by atomic mass is 10.2. The van der Waals surface area contributed by atoms with Crippen LogP contribution in [0.4, 0.5) is 0 Å². The Kier molecular flexibility index (Phi) is 4.29. The molecule has 0 atom stereocenters. The lowest BCUT2D eigenvalue weighted by molar-refractivity contribution is 0.392. The Balaban J connectivity index is 1.92. The molecule has 0 spiro atoms. The minimum atomic E-state index is 0.934. The van der Waals surface area contributed by atoms with E-state index in [1.54, 1.807) is 0 Å². The Morgan fingerprint density at radius 3 is 2.76 bits per heavy atom. The third kappa shape index (κ3) is 3.36. The molecule has 0 amide bonds. The normalized spacial score (nSPS) is 10.8. The minimum Gasteiger partial charge on any atom is -0.361 e. The van der Waals surface area contributed by atoms with Gasteiger partial charge in [-0.2, -0.15) is 11.8 Å². The number of aryl methyl sites for hydroxylation is 2. The topological polar surface area (TPSA) is 26.0 Å². The lowest BCUT2D eigenvalue weighted by Gasteiger charge is -2.02. The predicted octanol–water partition coefficient (Wildman–Crippen LogP) is 4.49. The Morgan fingerprint density at radius 1 is 1.29 bits per heavy atom. The summed E-state index contributed by atoms with van der Waals surface area (Å²) >= 11 is 5.36. The maximum atomic E-state index is 5.15. The Hall–Kier alpha value is -0.740. The SMILES string of the molecule is Cc1noc(C)c1CSCc1cccc(Br)c1. The van der Waals surface area contributed by atoms with Crippen molar-refractivity contribution in [3.8, 4) is 0 Å². The van der Waals surface area contributed by atoms with Gasteiger partial charge in [-0.1, -0.05) is 33.2 Å². The molecule has 0 aliphatic heterocycles. The van der Waals surface area contributed by atoms with Gasteiger partial charge < -0.3 is 4.52 Å². The number of hydrogen-bond acceptors (Lipinski definition) is 3. The first-order valence-electron chi connectivity index (χ1n) is 5.41. The van der Waals surface area contributed by atoms with Gasteiger partial charge in [0.15, 0.2) is 0 Å². The zero-order chi connectivity index (χ0) is 12.3. The molecule has 0 radical (unpaired) electrons. The maximum Gasteiger partial charge on any atom is 0.137 e. The molecule has 0 N–H and O–H groups in total. The molecule has 0 fully saturated rings. The van der Waals surface area contributed by atoms with Crippen LogP contribution in [0.1, 0.15) is 22.6 Å². The van der Waals surface area contributed by atoms with E-state index in [2.05, 4.69) is 39.3 Å². The van der Waals surface area contributed by atoms with E-state index in [0.29, 0.717) is 0 Å². The van der Waals surface area contributed by atoms with Crippen molar-refractivity contribution in [2.45, 2.75) is 25.4 Å². The van der Waals surface area contributed by atoms with Crippen molar-refractivity contribution in [3.05, 3.63) is 51.3 Å². The van der Waals surface area contributed by atoms with Crippen LogP contribution in [0.3, 0.4) is 0 Å². The monoisotopic (exact) mass is 311 g/mol. The fraction of sp³-hybridized carbons (Fsp3) is 0.308. The van der Waals surface area contributed by atoms with Gasteiger partial charge in [0.1, 0.15) is 5.76 Å². The van der Waals surface area contributed by atoms with E-state index in [0.717, 1.165) is 27.4 Å². The maximum absolute atomic E-state index is 5.15. The summed E-state index contributed by atoms with van der Waals surface area (Å²) in [5.41, 5.74) is 3.56. The van der Waals surface area contributed by atoms with Gasteiger partial charge in [0.05, 0.1) is 5.69 Å². The van der Waals surface area contributed by atoms with E-state index in [1.165, 1.54) is 11.1 Å². The van der Waals surface area contributed by atoms with Crippen LogP contribution in [0.15, 0.2) is 33.3 Å². The number of benzene rings is 1. The predicted molar refractivity (Wildman–Crippen MR) is 75.1 cm³/mol. The highest BCUT2D eigenvalue weighted by Crippen LogP contribution is 2.23. The molecule has 0 saturated heterocycles. The molecule has 17 heavy (non-hydrogen) atoms. The van der Waals surface area contributed by atoms with Crippen molar-refractivity contribution in [3.63, 3.8) is 0 Å². The molecular weight excluding hydrogens is 298 g/mol. The molecule has 90 valence electrons. The molecule has 2 aromatic rings. The average molecular weight is 312 g/mol. The van der Waals surface area contributed by atoms with Crippen LogP contribution in [0.25, 0.3) is 0 Å². The van der Waals surface area contributed by atoms with Gasteiger partial charge in [0.2, 0.25) is 0 Å². The van der Waals surface area contributed by atoms with Gasteiger partial charge >= 0.3 is 0 Å². The fourth-order valence-corrected chi connectivity index (χ4v) is 3.19. The summed E-state index contributed by atoms with van der Waals surface area (Å²) in [6.07, 6.45) is 0. The lowest BCUT2D eigenvalue weighted by Crippen LogP contribution is -1.86. The van der Waals surface area contributed by atoms with Crippen molar-refractivity contribution < 1.29 is 4.52 Å². The summed E-state index contributed by atoms with van der Waals surface area (Å²) in [5.74, 6) is 2.89. The fourth-order valence-electron chi connectivity index (χ4n) is 1.61. The molecule has 1 aromatic heterocycles. The molecule has 0 saturated carbocycles. The van der Waals surface area contributed by atoms with Crippen LogP contribution >= 0.6 is 27.7 Å². The van der Waals surface area contributed by atoms with Crippen LogP contribution in [0, 0.1) is 13.8 Å². The zero-order valence-electron chi connectivity index (χ0n) is 9.87. The van der Waals surface area contributed by atoms with Crippen molar-refractivity contribution in [1.82, 2.24) is 5.16 Å². The van der Waals surface area contributed by atoms with Crippen LogP contribution in [-0.4, -0.2) is 5.16 Å². The quantitative estimate of drug-likeness (QED) is 0.832. The first kappa shape index (κ1) is 12.7. The van der Waals surface area contributed by atoms with Crippen molar-refractivity contribution in [2.75, 3.05) is 0 Å². The first-order chi connectivity index (χ1) is 8.16. The van der Waals surface area contributed by atoms with Crippen molar-refractivity contribution >= 4 is 27.7 Å². The van der Waals surface area contributed by atoms with Crippen LogP contribution in [0.5, 0.6) is 0 Å². The van der Waals surface area contributed by atoms with Gasteiger partial charge in [-0.3, -0.25) is 0 Å². The number of aromatic nitrogens is 1. The second-order valence-electron chi connectivity index (χ2n) is 3.93. The van der Waals surface area contributed by atoms with E-state index in [4.69, 9.17) is 4.52 Å². The Morgan fingerprint density at radius 2 is 2.12 bits per heavy atom. The summed E-state index contributed by atoms with van der Waals surface area (Å²) in [5, 5.41) is 3.96. The van der Waals surface area contributed by atoms with Gasteiger partial charge in [0, 0.05) is 21.5 Å². The highest BCUT2D eigenvalue weighted by atomic mass is 79.9. The summed E-state index contributed by atoms with van der Waals surface area (Å²) in [6, 6.07) is 8.41. The smallest absolute Gasteiger partial charge is 0.137 e. The van der Waals surface area contributed by atoms with E-state index in [-0.39, 0.29) is 0 Å². The number of hydrogen-bond donors (Lipinski definition) is 0. The van der Waals surface area contributed by atoms with Gasteiger partial charge in [-0.25, -0.2) is 0 Å². The summed E-state index contributed by atoms with van der Waals surface area (Å²) in [7, 11) is 0. The molecule has 0 unspecified atom stereocenters. The third-order valence-electron chi connectivity index (χ3n) is 2.59. The zero-order valence-corrected chi connectivity index (χ0v) is 12.3. The van der Waals surface area contributed by atoms with E-state index in [9.17, 15) is 0 Å². The number of halogens is 1. The molecule has 0 aliphatic rings.